The van der Waals surface area contributed by atoms with Crippen LogP contribution in [0.25, 0.3) is 0 Å². The topological polar surface area (TPSA) is 54.9 Å². The molecule has 100 valence electrons. The summed E-state index contributed by atoms with van der Waals surface area (Å²) in [4.78, 5) is 26.8. The van der Waals surface area contributed by atoms with Crippen molar-refractivity contribution in [3.05, 3.63) is 31.6 Å². The van der Waals surface area contributed by atoms with Gasteiger partial charge in [0.15, 0.2) is 0 Å². The molecule has 0 saturated heterocycles. The summed E-state index contributed by atoms with van der Waals surface area (Å²) in [7, 11) is 0. The molecule has 0 radical (unpaired) electrons. The predicted molar refractivity (Wildman–Crippen MR) is 72.4 cm³/mol. The molecule has 5 heteroatoms. The first-order chi connectivity index (χ1) is 8.60. The molecule has 1 saturated carbocycles. The fourth-order valence-corrected chi connectivity index (χ4v) is 2.81. The summed E-state index contributed by atoms with van der Waals surface area (Å²) in [5.74, 6) is 0.476. The average molecular weight is 271 g/mol. The summed E-state index contributed by atoms with van der Waals surface area (Å²) in [6, 6.07) is 0.0778. The van der Waals surface area contributed by atoms with Crippen LogP contribution < -0.4 is 11.2 Å². The maximum atomic E-state index is 12.3. The van der Waals surface area contributed by atoms with Crippen LogP contribution in [0.3, 0.4) is 0 Å². The molecular formula is C13H19ClN2O2. The number of hydrogen-bond donors (Lipinski definition) is 1. The Morgan fingerprint density at radius 3 is 2.67 bits per heavy atom. The van der Waals surface area contributed by atoms with Crippen LogP contribution in [0, 0.1) is 5.92 Å². The van der Waals surface area contributed by atoms with Gasteiger partial charge in [-0.1, -0.05) is 38.3 Å². The molecule has 1 aromatic rings. The number of aromatic nitrogens is 2. The van der Waals surface area contributed by atoms with Gasteiger partial charge in [-0.15, -0.1) is 0 Å². The molecule has 1 N–H and O–H groups in total. The number of H-pyrrole nitrogens is 1. The third-order valence-corrected chi connectivity index (χ3v) is 3.88. The Morgan fingerprint density at radius 2 is 2.06 bits per heavy atom. The Labute approximate surface area is 111 Å². The molecule has 1 aromatic heterocycles. The van der Waals surface area contributed by atoms with E-state index < -0.39 is 0 Å². The van der Waals surface area contributed by atoms with Gasteiger partial charge in [0.1, 0.15) is 5.15 Å². The van der Waals surface area contributed by atoms with Gasteiger partial charge in [0.2, 0.25) is 0 Å². The smallest absolute Gasteiger partial charge is 0.297 e. The van der Waals surface area contributed by atoms with E-state index in [-0.39, 0.29) is 22.4 Å². The molecule has 1 aliphatic rings. The number of nitrogens with zero attached hydrogens (tertiary/aromatic N) is 1. The number of hydrogen-bond acceptors (Lipinski definition) is 2. The average Bonchev–Trinajstić information content (AvgIpc) is 3.04. The van der Waals surface area contributed by atoms with Crippen molar-refractivity contribution in [1.29, 1.82) is 0 Å². The summed E-state index contributed by atoms with van der Waals surface area (Å²) >= 11 is 5.94. The molecule has 0 aromatic carbocycles. The highest BCUT2D eigenvalue weighted by atomic mass is 35.5. The van der Waals surface area contributed by atoms with Crippen molar-refractivity contribution in [2.24, 2.45) is 5.92 Å². The zero-order chi connectivity index (χ0) is 13.3. The highest BCUT2D eigenvalue weighted by molar-refractivity contribution is 6.30. The lowest BCUT2D eigenvalue weighted by Gasteiger charge is -2.08. The third kappa shape index (κ3) is 2.39. The summed E-state index contributed by atoms with van der Waals surface area (Å²) in [5, 5.41) is 0.204. The molecule has 1 heterocycles. The molecule has 2 atom stereocenters. The fraction of sp³-hybridized carbons (Fsp3) is 0.692. The van der Waals surface area contributed by atoms with E-state index in [0.717, 1.165) is 25.7 Å². The lowest BCUT2D eigenvalue weighted by atomic mass is 10.2. The maximum Gasteiger partial charge on any atom is 0.329 e. The minimum atomic E-state index is -0.367. The summed E-state index contributed by atoms with van der Waals surface area (Å²) in [6.45, 7) is 4.11. The molecule has 18 heavy (non-hydrogen) atoms. The van der Waals surface area contributed by atoms with Crippen molar-refractivity contribution in [3.63, 3.8) is 0 Å². The molecular weight excluding hydrogens is 252 g/mol. The molecule has 0 bridgehead atoms. The Bertz CT molecular complexity index is 547. The maximum absolute atomic E-state index is 12.3. The zero-order valence-electron chi connectivity index (χ0n) is 10.8. The molecule has 1 fully saturated rings. The van der Waals surface area contributed by atoms with Crippen molar-refractivity contribution in [3.8, 4) is 0 Å². The Kier molecular flexibility index (Phi) is 3.95. The van der Waals surface area contributed by atoms with Gasteiger partial charge in [-0.3, -0.25) is 14.3 Å². The van der Waals surface area contributed by atoms with Gasteiger partial charge in [0.05, 0.1) is 5.56 Å². The van der Waals surface area contributed by atoms with E-state index in [2.05, 4.69) is 11.9 Å². The van der Waals surface area contributed by atoms with Crippen molar-refractivity contribution in [1.82, 2.24) is 9.55 Å². The second-order valence-corrected chi connectivity index (χ2v) is 5.38. The minimum absolute atomic E-state index is 0.0778. The zero-order valence-corrected chi connectivity index (χ0v) is 11.6. The van der Waals surface area contributed by atoms with E-state index in [9.17, 15) is 9.59 Å². The van der Waals surface area contributed by atoms with Gasteiger partial charge in [0, 0.05) is 6.04 Å². The van der Waals surface area contributed by atoms with Crippen molar-refractivity contribution in [2.75, 3.05) is 0 Å². The monoisotopic (exact) mass is 270 g/mol. The first kappa shape index (κ1) is 13.4. The van der Waals surface area contributed by atoms with Gasteiger partial charge in [-0.2, -0.15) is 0 Å². The third-order valence-electron chi connectivity index (χ3n) is 3.55. The van der Waals surface area contributed by atoms with Gasteiger partial charge >= 0.3 is 5.69 Å². The molecule has 0 amide bonds. The van der Waals surface area contributed by atoms with E-state index in [1.807, 2.05) is 6.92 Å². The minimum Gasteiger partial charge on any atom is -0.297 e. The Balaban J connectivity index is 2.40. The molecule has 2 unspecified atom stereocenters. The standard InChI is InChI=1S/C13H19ClN2O2/c1-3-5-8-7-10(8)16-12(17)9(6-4-2)11(14)15-13(16)18/h8,10H,3-7H2,1-2H3,(H,15,18). The number of halogens is 1. The van der Waals surface area contributed by atoms with E-state index in [0.29, 0.717) is 17.9 Å². The van der Waals surface area contributed by atoms with Crippen LogP contribution in [0.4, 0.5) is 0 Å². The first-order valence-electron chi connectivity index (χ1n) is 6.63. The van der Waals surface area contributed by atoms with Crippen LogP contribution in [0.2, 0.25) is 5.15 Å². The Hall–Kier alpha value is -1.03. The number of aromatic amines is 1. The van der Waals surface area contributed by atoms with E-state index in [1.54, 1.807) is 0 Å². The van der Waals surface area contributed by atoms with Gasteiger partial charge in [0.25, 0.3) is 5.56 Å². The summed E-state index contributed by atoms with van der Waals surface area (Å²) in [5.41, 5.74) is -0.0245. The SMILES string of the molecule is CCCc1c(Cl)[nH]c(=O)n(C2CC2CCC)c1=O. The highest BCUT2D eigenvalue weighted by Crippen LogP contribution is 2.44. The second-order valence-electron chi connectivity index (χ2n) is 5.00. The van der Waals surface area contributed by atoms with Crippen LogP contribution in [0.1, 0.15) is 51.1 Å². The summed E-state index contributed by atoms with van der Waals surface area (Å²) in [6.07, 6.45) is 4.54. The normalized spacial score (nSPS) is 22.2. The van der Waals surface area contributed by atoms with Crippen LogP contribution in [-0.4, -0.2) is 9.55 Å². The molecule has 0 aliphatic heterocycles. The van der Waals surface area contributed by atoms with Crippen LogP contribution in [0.5, 0.6) is 0 Å². The lowest BCUT2D eigenvalue weighted by Crippen LogP contribution is -2.37. The van der Waals surface area contributed by atoms with Gasteiger partial charge in [-0.25, -0.2) is 4.79 Å². The quantitative estimate of drug-likeness (QED) is 0.836. The summed E-state index contributed by atoms with van der Waals surface area (Å²) < 4.78 is 1.37. The van der Waals surface area contributed by atoms with Crippen molar-refractivity contribution in [2.45, 2.75) is 52.0 Å². The highest BCUT2D eigenvalue weighted by Gasteiger charge is 2.40. The van der Waals surface area contributed by atoms with Crippen LogP contribution in [0.15, 0.2) is 9.59 Å². The lowest BCUT2D eigenvalue weighted by molar-refractivity contribution is 0.565. The van der Waals surface area contributed by atoms with Crippen LogP contribution in [-0.2, 0) is 6.42 Å². The van der Waals surface area contributed by atoms with E-state index >= 15 is 0 Å². The van der Waals surface area contributed by atoms with Gasteiger partial charge < -0.3 is 0 Å². The molecule has 0 spiro atoms. The van der Waals surface area contributed by atoms with Crippen molar-refractivity contribution < 1.29 is 0 Å². The first-order valence-corrected chi connectivity index (χ1v) is 7.01. The molecule has 2 rings (SSSR count). The Morgan fingerprint density at radius 1 is 1.33 bits per heavy atom. The fourth-order valence-electron chi connectivity index (χ4n) is 2.56. The van der Waals surface area contributed by atoms with Gasteiger partial charge in [-0.05, 0) is 25.2 Å². The number of rotatable bonds is 5. The van der Waals surface area contributed by atoms with E-state index in [4.69, 9.17) is 11.6 Å². The van der Waals surface area contributed by atoms with E-state index in [1.165, 1.54) is 4.57 Å². The molecule has 4 nitrogen and oxygen atoms in total. The van der Waals surface area contributed by atoms with Crippen molar-refractivity contribution >= 4 is 11.6 Å². The second kappa shape index (κ2) is 5.31. The predicted octanol–water partition coefficient (Wildman–Crippen LogP) is 2.50. The molecule has 1 aliphatic carbocycles. The van der Waals surface area contributed by atoms with Crippen LogP contribution >= 0.6 is 11.6 Å². The largest absolute Gasteiger partial charge is 0.329 e. The number of nitrogens with one attached hydrogen (secondary N) is 1.